The average Bonchev–Trinajstić information content (AvgIpc) is 2.08. The number of unbranched alkanes of at least 4 members (excludes halogenated alkanes) is 5. The fourth-order valence-corrected chi connectivity index (χ4v) is 2.29. The topological polar surface area (TPSA) is 0 Å². The molecule has 0 radical (unpaired) electrons. The van der Waals surface area contributed by atoms with Gasteiger partial charge in [0.25, 0.3) is 0 Å². The van der Waals surface area contributed by atoms with Gasteiger partial charge in [-0.05, 0) is 18.9 Å². The minimum atomic E-state index is -0.825. The highest BCUT2D eigenvalue weighted by molar-refractivity contribution is 6.76. The lowest BCUT2D eigenvalue weighted by Gasteiger charge is -2.11. The second-order valence-corrected chi connectivity index (χ2v) is 11.0. The third kappa shape index (κ3) is 12.0. The summed E-state index contributed by atoms with van der Waals surface area (Å²) in [5.41, 5.74) is 0. The van der Waals surface area contributed by atoms with Crippen LogP contribution >= 0.6 is 0 Å². The molecule has 0 atom stereocenters. The summed E-state index contributed by atoms with van der Waals surface area (Å²) in [5, 5.41) is 0. The molecular formula is C13H28Si. The van der Waals surface area contributed by atoms with Crippen molar-refractivity contribution >= 4 is 8.07 Å². The van der Waals surface area contributed by atoms with Gasteiger partial charge in [0.1, 0.15) is 0 Å². The lowest BCUT2D eigenvalue weighted by Crippen LogP contribution is -2.17. The Kier molecular flexibility index (Phi) is 8.25. The molecule has 0 fully saturated rings. The smallest absolute Gasteiger partial charge is 0.0480 e. The summed E-state index contributed by atoms with van der Waals surface area (Å²) < 4.78 is 0. The van der Waals surface area contributed by atoms with E-state index < -0.39 is 8.07 Å². The Hall–Kier alpha value is -0.0431. The maximum Gasteiger partial charge on any atom is 0.0480 e. The van der Waals surface area contributed by atoms with Crippen molar-refractivity contribution in [2.24, 2.45) is 0 Å². The fraction of sp³-hybridized carbons (Fsp3) is 0.846. The van der Waals surface area contributed by atoms with Crippen molar-refractivity contribution < 1.29 is 0 Å². The van der Waals surface area contributed by atoms with Gasteiger partial charge in [-0.3, -0.25) is 0 Å². The van der Waals surface area contributed by atoms with Gasteiger partial charge in [-0.15, -0.1) is 0 Å². The SMILES string of the molecule is CCCCCCC/C=C/C[Si](C)(C)C. The number of rotatable bonds is 8. The minimum absolute atomic E-state index is 0.825. The number of hydrogen-bond acceptors (Lipinski definition) is 0. The lowest BCUT2D eigenvalue weighted by molar-refractivity contribution is 0.637. The first kappa shape index (κ1) is 14.0. The molecule has 0 saturated carbocycles. The van der Waals surface area contributed by atoms with Crippen LogP contribution in [0, 0.1) is 0 Å². The molecule has 0 unspecified atom stereocenters. The fourth-order valence-electron chi connectivity index (χ4n) is 1.42. The maximum absolute atomic E-state index is 2.43. The van der Waals surface area contributed by atoms with Gasteiger partial charge in [0.05, 0.1) is 0 Å². The van der Waals surface area contributed by atoms with Crippen molar-refractivity contribution in [3.05, 3.63) is 12.2 Å². The Morgan fingerprint density at radius 3 is 2.07 bits per heavy atom. The molecule has 0 aromatic rings. The molecule has 0 heterocycles. The predicted octanol–water partition coefficient (Wildman–Crippen LogP) is 5.24. The van der Waals surface area contributed by atoms with Crippen LogP contribution in [0.25, 0.3) is 0 Å². The minimum Gasteiger partial charge on any atom is -0.0912 e. The third-order valence-corrected chi connectivity index (χ3v) is 3.83. The molecule has 0 aliphatic rings. The molecule has 1 heteroatoms. The van der Waals surface area contributed by atoms with Gasteiger partial charge in [-0.25, -0.2) is 0 Å². The van der Waals surface area contributed by atoms with Gasteiger partial charge in [-0.2, -0.15) is 0 Å². The van der Waals surface area contributed by atoms with E-state index in [9.17, 15) is 0 Å². The molecule has 0 saturated heterocycles. The van der Waals surface area contributed by atoms with E-state index in [1.54, 1.807) is 0 Å². The summed E-state index contributed by atoms with van der Waals surface area (Å²) >= 11 is 0. The number of hydrogen-bond donors (Lipinski definition) is 0. The van der Waals surface area contributed by atoms with Gasteiger partial charge in [0.15, 0.2) is 0 Å². The van der Waals surface area contributed by atoms with Crippen LogP contribution in [0.2, 0.25) is 25.7 Å². The lowest BCUT2D eigenvalue weighted by atomic mass is 10.1. The van der Waals surface area contributed by atoms with Crippen LogP contribution in [-0.4, -0.2) is 8.07 Å². The molecule has 0 aromatic heterocycles. The van der Waals surface area contributed by atoms with Crippen molar-refractivity contribution in [1.82, 2.24) is 0 Å². The zero-order chi connectivity index (χ0) is 10.9. The van der Waals surface area contributed by atoms with Crippen LogP contribution in [0.5, 0.6) is 0 Å². The molecule has 0 rings (SSSR count). The summed E-state index contributed by atoms with van der Waals surface area (Å²) in [4.78, 5) is 0. The molecule has 0 aliphatic carbocycles. The maximum atomic E-state index is 2.43. The van der Waals surface area contributed by atoms with Gasteiger partial charge < -0.3 is 0 Å². The van der Waals surface area contributed by atoms with Crippen LogP contribution in [-0.2, 0) is 0 Å². The quantitative estimate of drug-likeness (QED) is 0.293. The van der Waals surface area contributed by atoms with Crippen molar-refractivity contribution in [2.45, 2.75) is 71.1 Å². The molecule has 0 bridgehead atoms. The van der Waals surface area contributed by atoms with Gasteiger partial charge in [0.2, 0.25) is 0 Å². The second kappa shape index (κ2) is 8.28. The van der Waals surface area contributed by atoms with E-state index >= 15 is 0 Å². The third-order valence-electron chi connectivity index (χ3n) is 2.37. The largest absolute Gasteiger partial charge is 0.0912 e. The number of allylic oxidation sites excluding steroid dienone is 2. The molecule has 0 aliphatic heterocycles. The van der Waals surface area contributed by atoms with Gasteiger partial charge in [-0.1, -0.05) is 64.4 Å². The van der Waals surface area contributed by atoms with E-state index in [1.807, 2.05) is 0 Å². The first-order valence-electron chi connectivity index (χ1n) is 6.21. The Bertz CT molecular complexity index is 142. The molecule has 0 amide bonds. The van der Waals surface area contributed by atoms with Gasteiger partial charge >= 0.3 is 0 Å². The molecule has 0 N–H and O–H groups in total. The highest BCUT2D eigenvalue weighted by Crippen LogP contribution is 2.10. The van der Waals surface area contributed by atoms with Gasteiger partial charge in [0, 0.05) is 8.07 Å². The summed E-state index contributed by atoms with van der Waals surface area (Å²) in [5.74, 6) is 0. The van der Waals surface area contributed by atoms with Crippen molar-refractivity contribution in [1.29, 1.82) is 0 Å². The molecular weight excluding hydrogens is 184 g/mol. The van der Waals surface area contributed by atoms with E-state index in [0.29, 0.717) is 0 Å². The molecule has 0 spiro atoms. The van der Waals surface area contributed by atoms with E-state index in [-0.39, 0.29) is 0 Å². The zero-order valence-electron chi connectivity index (χ0n) is 10.6. The molecule has 84 valence electrons. The second-order valence-electron chi connectivity index (χ2n) is 5.44. The van der Waals surface area contributed by atoms with E-state index in [1.165, 1.54) is 44.6 Å². The summed E-state index contributed by atoms with van der Waals surface area (Å²) in [6.45, 7) is 9.56. The summed E-state index contributed by atoms with van der Waals surface area (Å²) in [6.07, 6.45) is 13.1. The van der Waals surface area contributed by atoms with Crippen molar-refractivity contribution in [2.75, 3.05) is 0 Å². The van der Waals surface area contributed by atoms with Crippen LogP contribution < -0.4 is 0 Å². The van der Waals surface area contributed by atoms with Crippen LogP contribution in [0.3, 0.4) is 0 Å². The zero-order valence-corrected chi connectivity index (χ0v) is 11.6. The molecule has 0 nitrogen and oxygen atoms in total. The molecule has 0 aromatic carbocycles. The highest BCUT2D eigenvalue weighted by Gasteiger charge is 2.08. The highest BCUT2D eigenvalue weighted by atomic mass is 28.3. The summed E-state index contributed by atoms with van der Waals surface area (Å²) in [6, 6.07) is 1.35. The van der Waals surface area contributed by atoms with E-state index in [0.717, 1.165) is 0 Å². The normalized spacial score (nSPS) is 12.6. The van der Waals surface area contributed by atoms with Crippen molar-refractivity contribution in [3.8, 4) is 0 Å². The first-order chi connectivity index (χ1) is 6.56. The monoisotopic (exact) mass is 212 g/mol. The van der Waals surface area contributed by atoms with E-state index in [4.69, 9.17) is 0 Å². The Balaban J connectivity index is 3.19. The van der Waals surface area contributed by atoms with Crippen LogP contribution in [0.4, 0.5) is 0 Å². The van der Waals surface area contributed by atoms with Crippen molar-refractivity contribution in [3.63, 3.8) is 0 Å². The van der Waals surface area contributed by atoms with Crippen LogP contribution in [0.15, 0.2) is 12.2 Å². The summed E-state index contributed by atoms with van der Waals surface area (Å²) in [7, 11) is -0.825. The average molecular weight is 212 g/mol. The van der Waals surface area contributed by atoms with Crippen LogP contribution in [0.1, 0.15) is 45.4 Å². The Morgan fingerprint density at radius 1 is 0.857 bits per heavy atom. The first-order valence-corrected chi connectivity index (χ1v) is 9.92. The standard InChI is InChI=1S/C13H28Si/c1-5-6-7-8-9-10-11-12-13-14(2,3)4/h11-12H,5-10,13H2,1-4H3/b12-11+. The predicted molar refractivity (Wildman–Crippen MR) is 70.7 cm³/mol. The molecule has 14 heavy (non-hydrogen) atoms. The Labute approximate surface area is 91.8 Å². The Morgan fingerprint density at radius 2 is 1.50 bits per heavy atom. The van der Waals surface area contributed by atoms with E-state index in [2.05, 4.69) is 38.7 Å².